The zero-order valence-corrected chi connectivity index (χ0v) is 24.1. The third-order valence-corrected chi connectivity index (χ3v) is 6.77. The molecule has 0 spiro atoms. The number of thiol groups is 1. The molecule has 202 valence electrons. The molecule has 2 N–H and O–H groups in total. The van der Waals surface area contributed by atoms with E-state index in [-0.39, 0.29) is 23.6 Å². The van der Waals surface area contributed by atoms with Crippen molar-refractivity contribution in [2.24, 2.45) is 0 Å². The molecule has 0 radical (unpaired) electrons. The molecule has 2 atom stereocenters. The van der Waals surface area contributed by atoms with Crippen LogP contribution in [0.25, 0.3) is 0 Å². The first kappa shape index (κ1) is 30.0. The summed E-state index contributed by atoms with van der Waals surface area (Å²) in [5.74, 6) is -0.512. The summed E-state index contributed by atoms with van der Waals surface area (Å²) in [5.41, 5.74) is 1.24. The Morgan fingerprint density at radius 2 is 1.58 bits per heavy atom. The Balaban J connectivity index is 2.52. The van der Waals surface area contributed by atoms with Gasteiger partial charge in [-0.2, -0.15) is 12.6 Å². The number of ether oxygens (including phenoxy) is 1. The molecular formula is C28H45N3O4S. The lowest BCUT2D eigenvalue weighted by Crippen LogP contribution is -2.59. The summed E-state index contributed by atoms with van der Waals surface area (Å²) < 4.78 is 5.38. The summed E-state index contributed by atoms with van der Waals surface area (Å²) in [7, 11) is 0. The van der Waals surface area contributed by atoms with Crippen LogP contribution in [0, 0.1) is 13.8 Å². The van der Waals surface area contributed by atoms with E-state index in [4.69, 9.17) is 4.74 Å². The maximum absolute atomic E-state index is 14.1. The number of carbonyl (C=O) groups is 3. The molecule has 36 heavy (non-hydrogen) atoms. The lowest BCUT2D eigenvalue weighted by atomic mass is 9.89. The van der Waals surface area contributed by atoms with E-state index in [1.54, 1.807) is 25.7 Å². The summed E-state index contributed by atoms with van der Waals surface area (Å²) >= 11 is 4.37. The van der Waals surface area contributed by atoms with Gasteiger partial charge in [0.05, 0.1) is 0 Å². The van der Waals surface area contributed by atoms with Crippen molar-refractivity contribution in [3.63, 3.8) is 0 Å². The summed E-state index contributed by atoms with van der Waals surface area (Å²) in [6.45, 7) is 14.9. The standard InChI is InChI=1S/C28H45N3O4S/c1-18-13-12-14-19(2)22(18)23(24(32)29-20-15-10-9-11-16-20)31(27(3,4)5)25(33)21(17-36)30-26(34)35-28(6,7)8/h12-14,20-21,23,36H,9-11,15-17H2,1-8H3,(H,29,32)(H,30,34). The summed E-state index contributed by atoms with van der Waals surface area (Å²) in [5, 5.41) is 5.92. The van der Waals surface area contributed by atoms with E-state index in [9.17, 15) is 14.4 Å². The predicted molar refractivity (Wildman–Crippen MR) is 147 cm³/mol. The van der Waals surface area contributed by atoms with Crippen LogP contribution in [0.5, 0.6) is 0 Å². The van der Waals surface area contributed by atoms with Gasteiger partial charge in [0.25, 0.3) is 0 Å². The zero-order valence-electron chi connectivity index (χ0n) is 23.2. The average Bonchev–Trinajstić information content (AvgIpc) is 2.74. The molecule has 0 aliphatic heterocycles. The highest BCUT2D eigenvalue weighted by Gasteiger charge is 2.43. The number of hydrogen-bond acceptors (Lipinski definition) is 5. The van der Waals surface area contributed by atoms with Gasteiger partial charge in [-0.15, -0.1) is 0 Å². The molecule has 0 bridgehead atoms. The highest BCUT2D eigenvalue weighted by atomic mass is 32.1. The van der Waals surface area contributed by atoms with E-state index in [2.05, 4.69) is 23.3 Å². The van der Waals surface area contributed by atoms with Crippen molar-refractivity contribution in [1.82, 2.24) is 15.5 Å². The monoisotopic (exact) mass is 519 g/mol. The third kappa shape index (κ3) is 8.15. The highest BCUT2D eigenvalue weighted by molar-refractivity contribution is 7.80. The lowest BCUT2D eigenvalue weighted by Gasteiger charge is -2.44. The maximum Gasteiger partial charge on any atom is 0.408 e. The quantitative estimate of drug-likeness (QED) is 0.430. The SMILES string of the molecule is Cc1cccc(C)c1C(C(=O)NC1CCCCC1)N(C(=O)C(CS)NC(=O)OC(C)(C)C)C(C)(C)C. The molecule has 7 nitrogen and oxygen atoms in total. The Kier molecular flexibility index (Phi) is 10.3. The first-order valence-electron chi connectivity index (χ1n) is 13.0. The van der Waals surface area contributed by atoms with Crippen LogP contribution < -0.4 is 10.6 Å². The van der Waals surface area contributed by atoms with Gasteiger partial charge in [-0.05, 0) is 84.9 Å². The second kappa shape index (κ2) is 12.3. The van der Waals surface area contributed by atoms with Crippen LogP contribution in [-0.2, 0) is 14.3 Å². The van der Waals surface area contributed by atoms with E-state index in [0.717, 1.165) is 42.4 Å². The molecule has 8 heteroatoms. The van der Waals surface area contributed by atoms with Crippen LogP contribution in [-0.4, -0.2) is 51.8 Å². The smallest absolute Gasteiger partial charge is 0.408 e. The van der Waals surface area contributed by atoms with Crippen LogP contribution >= 0.6 is 12.6 Å². The molecule has 0 saturated heterocycles. The molecule has 0 heterocycles. The number of nitrogens with zero attached hydrogens (tertiary/aromatic N) is 1. The Bertz CT molecular complexity index is 909. The van der Waals surface area contributed by atoms with Gasteiger partial charge in [0.1, 0.15) is 17.7 Å². The van der Waals surface area contributed by atoms with Crippen molar-refractivity contribution in [3.05, 3.63) is 34.9 Å². The summed E-state index contributed by atoms with van der Waals surface area (Å²) in [4.78, 5) is 42.2. The zero-order chi connectivity index (χ0) is 27.3. The molecule has 1 aliphatic carbocycles. The van der Waals surface area contributed by atoms with Gasteiger partial charge in [0.2, 0.25) is 11.8 Å². The topological polar surface area (TPSA) is 87.7 Å². The maximum atomic E-state index is 14.1. The number of amides is 3. The molecule has 2 rings (SSSR count). The normalized spacial score (nSPS) is 16.6. The third-order valence-electron chi connectivity index (χ3n) is 6.41. The number of carbonyl (C=O) groups excluding carboxylic acids is 3. The van der Waals surface area contributed by atoms with Gasteiger partial charge < -0.3 is 20.3 Å². The van der Waals surface area contributed by atoms with Gasteiger partial charge >= 0.3 is 6.09 Å². The van der Waals surface area contributed by atoms with Gasteiger partial charge in [0, 0.05) is 17.3 Å². The van der Waals surface area contributed by atoms with Crippen molar-refractivity contribution < 1.29 is 19.1 Å². The number of alkyl carbamates (subject to hydrolysis) is 1. The molecule has 0 aromatic heterocycles. The van der Waals surface area contributed by atoms with Crippen LogP contribution in [0.15, 0.2) is 18.2 Å². The second-order valence-corrected chi connectivity index (χ2v) is 12.2. The Hall–Kier alpha value is -2.22. The first-order valence-corrected chi connectivity index (χ1v) is 13.6. The van der Waals surface area contributed by atoms with E-state index in [1.165, 1.54) is 6.42 Å². The number of rotatable bonds is 7. The minimum atomic E-state index is -0.961. The largest absolute Gasteiger partial charge is 0.444 e. The molecule has 1 saturated carbocycles. The number of nitrogens with one attached hydrogen (secondary N) is 2. The Morgan fingerprint density at radius 3 is 2.06 bits per heavy atom. The number of benzene rings is 1. The second-order valence-electron chi connectivity index (χ2n) is 11.8. The minimum Gasteiger partial charge on any atom is -0.444 e. The molecular weight excluding hydrogens is 474 g/mol. The molecule has 1 aromatic rings. The molecule has 1 aliphatic rings. The fourth-order valence-electron chi connectivity index (χ4n) is 4.81. The van der Waals surface area contributed by atoms with Crippen LogP contribution in [0.1, 0.15) is 96.4 Å². The fraction of sp³-hybridized carbons (Fsp3) is 0.679. The van der Waals surface area contributed by atoms with Gasteiger partial charge in [-0.3, -0.25) is 9.59 Å². The predicted octanol–water partition coefficient (Wildman–Crippen LogP) is 5.24. The van der Waals surface area contributed by atoms with Crippen molar-refractivity contribution in [1.29, 1.82) is 0 Å². The number of hydrogen-bond donors (Lipinski definition) is 3. The van der Waals surface area contributed by atoms with Crippen molar-refractivity contribution >= 4 is 30.5 Å². The fourth-order valence-corrected chi connectivity index (χ4v) is 5.06. The van der Waals surface area contributed by atoms with Gasteiger partial charge in [0.15, 0.2) is 0 Å². The molecule has 1 aromatic carbocycles. The lowest BCUT2D eigenvalue weighted by molar-refractivity contribution is -0.148. The molecule has 1 fully saturated rings. The van der Waals surface area contributed by atoms with Gasteiger partial charge in [-0.1, -0.05) is 37.5 Å². The Labute approximate surface area is 222 Å². The summed E-state index contributed by atoms with van der Waals surface area (Å²) in [6, 6.07) is 4.15. The van der Waals surface area contributed by atoms with Crippen molar-refractivity contribution in [2.45, 2.75) is 117 Å². The highest BCUT2D eigenvalue weighted by Crippen LogP contribution is 2.34. The van der Waals surface area contributed by atoms with Crippen LogP contribution in [0.2, 0.25) is 0 Å². The first-order chi connectivity index (χ1) is 16.7. The van der Waals surface area contributed by atoms with E-state index in [1.807, 2.05) is 52.8 Å². The van der Waals surface area contributed by atoms with E-state index in [0.29, 0.717) is 0 Å². The van der Waals surface area contributed by atoms with Gasteiger partial charge in [-0.25, -0.2) is 4.79 Å². The van der Waals surface area contributed by atoms with E-state index >= 15 is 0 Å². The molecule has 2 unspecified atom stereocenters. The van der Waals surface area contributed by atoms with Crippen molar-refractivity contribution in [2.75, 3.05) is 5.75 Å². The van der Waals surface area contributed by atoms with Crippen molar-refractivity contribution in [3.8, 4) is 0 Å². The van der Waals surface area contributed by atoms with Crippen LogP contribution in [0.3, 0.4) is 0 Å². The van der Waals surface area contributed by atoms with E-state index < -0.39 is 29.3 Å². The minimum absolute atomic E-state index is 0.0639. The van der Waals surface area contributed by atoms with Crippen LogP contribution in [0.4, 0.5) is 4.79 Å². The number of aryl methyl sites for hydroxylation is 2. The summed E-state index contributed by atoms with van der Waals surface area (Å²) in [6.07, 6.45) is 4.53. The Morgan fingerprint density at radius 1 is 1.03 bits per heavy atom. The molecule has 3 amide bonds. The average molecular weight is 520 g/mol.